The van der Waals surface area contributed by atoms with E-state index in [0.29, 0.717) is 6.04 Å². The lowest BCUT2D eigenvalue weighted by Gasteiger charge is -2.31. The zero-order chi connectivity index (χ0) is 11.5. The number of hydrogen-bond acceptors (Lipinski definition) is 1. The third-order valence-electron chi connectivity index (χ3n) is 3.64. The molecular weight excluding hydrogens is 309 g/mol. The van der Waals surface area contributed by atoms with Crippen LogP contribution in [0.2, 0.25) is 0 Å². The third kappa shape index (κ3) is 2.90. The molecular formula is C14H20IN. The van der Waals surface area contributed by atoms with Crippen molar-refractivity contribution < 1.29 is 0 Å². The van der Waals surface area contributed by atoms with Gasteiger partial charge in [-0.3, -0.25) is 0 Å². The lowest BCUT2D eigenvalue weighted by Crippen LogP contribution is -2.30. The Balaban J connectivity index is 2.07. The van der Waals surface area contributed by atoms with E-state index in [1.165, 1.54) is 40.5 Å². The highest BCUT2D eigenvalue weighted by molar-refractivity contribution is 14.1. The number of nitrogens with one attached hydrogen (secondary N) is 1. The molecule has 2 heteroatoms. The molecule has 88 valence electrons. The quantitative estimate of drug-likeness (QED) is 0.783. The summed E-state index contributed by atoms with van der Waals surface area (Å²) in [5, 5.41) is 3.72. The molecule has 0 aliphatic heterocycles. The Bertz CT molecular complexity index is 362. The van der Waals surface area contributed by atoms with Gasteiger partial charge in [0.15, 0.2) is 0 Å². The summed E-state index contributed by atoms with van der Waals surface area (Å²) in [5.41, 5.74) is 2.68. The number of aryl methyl sites for hydroxylation is 1. The molecule has 1 aliphatic carbocycles. The maximum Gasteiger partial charge on any atom is 0.0372 e. The molecule has 2 rings (SSSR count). The predicted molar refractivity (Wildman–Crippen MR) is 78.9 cm³/mol. The minimum absolute atomic E-state index is 0.674. The second-order valence-corrected chi connectivity index (χ2v) is 6.22. The van der Waals surface area contributed by atoms with Gasteiger partial charge < -0.3 is 5.32 Å². The first-order chi connectivity index (χ1) is 7.66. The molecule has 16 heavy (non-hydrogen) atoms. The van der Waals surface area contributed by atoms with Crippen molar-refractivity contribution in [1.29, 1.82) is 0 Å². The van der Waals surface area contributed by atoms with E-state index in [1.807, 2.05) is 0 Å². The van der Waals surface area contributed by atoms with Crippen LogP contribution in [0.25, 0.3) is 0 Å². The van der Waals surface area contributed by atoms with E-state index >= 15 is 0 Å². The van der Waals surface area contributed by atoms with Crippen molar-refractivity contribution in [3.05, 3.63) is 27.3 Å². The molecule has 2 unspecified atom stereocenters. The van der Waals surface area contributed by atoms with Gasteiger partial charge in [-0.2, -0.15) is 0 Å². The number of rotatable bonds is 2. The second kappa shape index (κ2) is 5.39. The minimum Gasteiger partial charge on any atom is -0.382 e. The van der Waals surface area contributed by atoms with Gasteiger partial charge in [0, 0.05) is 15.3 Å². The topological polar surface area (TPSA) is 12.0 Å². The normalized spacial score (nSPS) is 25.4. The van der Waals surface area contributed by atoms with E-state index in [2.05, 4.69) is 60.0 Å². The summed E-state index contributed by atoms with van der Waals surface area (Å²) in [7, 11) is 0. The lowest BCUT2D eigenvalue weighted by molar-refractivity contribution is 0.349. The van der Waals surface area contributed by atoms with Crippen molar-refractivity contribution in [3.63, 3.8) is 0 Å². The zero-order valence-electron chi connectivity index (χ0n) is 10.1. The Hall–Kier alpha value is -0.250. The number of hydrogen-bond donors (Lipinski definition) is 1. The van der Waals surface area contributed by atoms with Gasteiger partial charge in [-0.05, 0) is 72.0 Å². The molecule has 1 N–H and O–H groups in total. The molecule has 0 amide bonds. The fourth-order valence-electron chi connectivity index (χ4n) is 2.52. The van der Waals surface area contributed by atoms with Crippen molar-refractivity contribution in [2.75, 3.05) is 5.32 Å². The Kier molecular flexibility index (Phi) is 4.11. The van der Waals surface area contributed by atoms with Crippen molar-refractivity contribution >= 4 is 28.3 Å². The van der Waals surface area contributed by atoms with Crippen molar-refractivity contribution in [3.8, 4) is 0 Å². The number of halogens is 1. The molecule has 0 saturated heterocycles. The van der Waals surface area contributed by atoms with Crippen LogP contribution in [-0.2, 0) is 0 Å². The van der Waals surface area contributed by atoms with Gasteiger partial charge >= 0.3 is 0 Å². The average Bonchev–Trinajstić information content (AvgIpc) is 2.25. The largest absolute Gasteiger partial charge is 0.382 e. The van der Waals surface area contributed by atoms with Crippen LogP contribution >= 0.6 is 22.6 Å². The molecule has 0 aromatic heterocycles. The molecule has 0 radical (unpaired) electrons. The highest BCUT2D eigenvalue weighted by Gasteiger charge is 2.21. The summed E-state index contributed by atoms with van der Waals surface area (Å²) in [4.78, 5) is 0. The fraction of sp³-hybridized carbons (Fsp3) is 0.571. The molecule has 0 bridgehead atoms. The van der Waals surface area contributed by atoms with Crippen LogP contribution in [0.1, 0.15) is 38.2 Å². The summed E-state index contributed by atoms with van der Waals surface area (Å²) in [6.07, 6.45) is 5.49. The Morgan fingerprint density at radius 1 is 1.25 bits per heavy atom. The van der Waals surface area contributed by atoms with Gasteiger partial charge in [0.25, 0.3) is 0 Å². The van der Waals surface area contributed by atoms with Crippen molar-refractivity contribution in [2.24, 2.45) is 5.92 Å². The number of benzene rings is 1. The van der Waals surface area contributed by atoms with Gasteiger partial charge in [-0.25, -0.2) is 0 Å². The fourth-order valence-corrected chi connectivity index (χ4v) is 3.17. The Morgan fingerprint density at radius 2 is 2.00 bits per heavy atom. The van der Waals surface area contributed by atoms with Gasteiger partial charge in [-0.15, -0.1) is 0 Å². The zero-order valence-corrected chi connectivity index (χ0v) is 12.3. The SMILES string of the molecule is Cc1cc(I)ccc1NC1CCCCC1C. The average molecular weight is 329 g/mol. The standard InChI is InChI=1S/C14H20IN/c1-10-5-3-4-6-13(10)16-14-8-7-12(15)9-11(14)2/h7-10,13,16H,3-6H2,1-2H3. The second-order valence-electron chi connectivity index (χ2n) is 4.97. The summed E-state index contributed by atoms with van der Waals surface area (Å²) < 4.78 is 1.32. The van der Waals surface area contributed by atoms with E-state index in [0.717, 1.165) is 5.92 Å². The van der Waals surface area contributed by atoms with E-state index in [-0.39, 0.29) is 0 Å². The molecule has 1 aromatic carbocycles. The van der Waals surface area contributed by atoms with Gasteiger partial charge in [0.2, 0.25) is 0 Å². The highest BCUT2D eigenvalue weighted by atomic mass is 127. The first-order valence-corrected chi connectivity index (χ1v) is 7.27. The van der Waals surface area contributed by atoms with Gasteiger partial charge in [-0.1, -0.05) is 19.8 Å². The first kappa shape index (κ1) is 12.2. The van der Waals surface area contributed by atoms with Gasteiger partial charge in [0.05, 0.1) is 0 Å². The minimum atomic E-state index is 0.674. The Labute approximate surface area is 112 Å². The smallest absolute Gasteiger partial charge is 0.0372 e. The molecule has 2 atom stereocenters. The predicted octanol–water partition coefficient (Wildman–Crippen LogP) is 4.59. The van der Waals surface area contributed by atoms with Crippen LogP contribution in [0.4, 0.5) is 5.69 Å². The van der Waals surface area contributed by atoms with E-state index in [9.17, 15) is 0 Å². The highest BCUT2D eigenvalue weighted by Crippen LogP contribution is 2.28. The molecule has 0 heterocycles. The lowest BCUT2D eigenvalue weighted by atomic mass is 9.85. The van der Waals surface area contributed by atoms with E-state index in [4.69, 9.17) is 0 Å². The molecule has 1 nitrogen and oxygen atoms in total. The van der Waals surface area contributed by atoms with E-state index in [1.54, 1.807) is 0 Å². The van der Waals surface area contributed by atoms with Crippen LogP contribution in [0.5, 0.6) is 0 Å². The molecule has 1 aliphatic rings. The molecule has 1 aromatic rings. The summed E-state index contributed by atoms with van der Waals surface area (Å²) in [6, 6.07) is 7.32. The maximum absolute atomic E-state index is 3.72. The van der Waals surface area contributed by atoms with Gasteiger partial charge in [0.1, 0.15) is 0 Å². The van der Waals surface area contributed by atoms with Crippen LogP contribution in [0.3, 0.4) is 0 Å². The summed E-state index contributed by atoms with van der Waals surface area (Å²) in [5.74, 6) is 0.812. The first-order valence-electron chi connectivity index (χ1n) is 6.19. The maximum atomic E-state index is 3.72. The number of anilines is 1. The van der Waals surface area contributed by atoms with Crippen LogP contribution < -0.4 is 5.32 Å². The third-order valence-corrected chi connectivity index (χ3v) is 4.31. The summed E-state index contributed by atoms with van der Waals surface area (Å²) in [6.45, 7) is 4.57. The molecule has 1 saturated carbocycles. The van der Waals surface area contributed by atoms with Crippen LogP contribution in [0.15, 0.2) is 18.2 Å². The van der Waals surface area contributed by atoms with E-state index < -0.39 is 0 Å². The van der Waals surface area contributed by atoms with Crippen molar-refractivity contribution in [2.45, 2.75) is 45.6 Å². The molecule has 0 spiro atoms. The van der Waals surface area contributed by atoms with Crippen molar-refractivity contribution in [1.82, 2.24) is 0 Å². The van der Waals surface area contributed by atoms with Crippen LogP contribution in [-0.4, -0.2) is 6.04 Å². The Morgan fingerprint density at radius 3 is 2.69 bits per heavy atom. The monoisotopic (exact) mass is 329 g/mol. The summed E-state index contributed by atoms with van der Waals surface area (Å²) >= 11 is 2.37. The molecule has 1 fully saturated rings. The van der Waals surface area contributed by atoms with Crippen LogP contribution in [0, 0.1) is 16.4 Å².